The first-order valence-electron chi connectivity index (χ1n) is 7.91. The number of hydrogen-bond acceptors (Lipinski definition) is 5. The summed E-state index contributed by atoms with van der Waals surface area (Å²) >= 11 is 0. The molecule has 1 aliphatic rings. The molecule has 1 fully saturated rings. The molecule has 0 atom stereocenters. The molecule has 0 unspecified atom stereocenters. The lowest BCUT2D eigenvalue weighted by Crippen LogP contribution is -2.50. The third-order valence-corrected chi connectivity index (χ3v) is 5.97. The van der Waals surface area contributed by atoms with Crippen LogP contribution >= 0.6 is 0 Å². The third kappa shape index (κ3) is 4.46. The fraction of sp³-hybridized carbons (Fsp3) is 0.562. The van der Waals surface area contributed by atoms with E-state index < -0.39 is 10.0 Å². The Morgan fingerprint density at radius 1 is 1.12 bits per heavy atom. The number of piperazine rings is 1. The Kier molecular flexibility index (Phi) is 6.20. The second-order valence-electron chi connectivity index (χ2n) is 6.01. The number of rotatable bonds is 6. The van der Waals surface area contributed by atoms with E-state index in [2.05, 4.69) is 0 Å². The molecular formula is C16H25N3O4S. The van der Waals surface area contributed by atoms with Crippen LogP contribution in [0.25, 0.3) is 0 Å². The molecule has 1 amide bonds. The predicted molar refractivity (Wildman–Crippen MR) is 91.5 cm³/mol. The van der Waals surface area contributed by atoms with Crippen molar-refractivity contribution in [3.63, 3.8) is 0 Å². The largest absolute Gasteiger partial charge is 0.497 e. The molecule has 0 saturated carbocycles. The number of hydrogen-bond donors (Lipinski definition) is 0. The number of ether oxygens (including phenoxy) is 1. The van der Waals surface area contributed by atoms with Crippen LogP contribution in [0.2, 0.25) is 0 Å². The summed E-state index contributed by atoms with van der Waals surface area (Å²) in [5.74, 6) is 0.690. The predicted octanol–water partition coefficient (Wildman–Crippen LogP) is 0.480. The minimum atomic E-state index is -3.53. The molecule has 7 nitrogen and oxygen atoms in total. The van der Waals surface area contributed by atoms with E-state index in [-0.39, 0.29) is 10.8 Å². The Hall–Kier alpha value is -1.64. The maximum Gasteiger partial charge on any atom is 0.243 e. The summed E-state index contributed by atoms with van der Waals surface area (Å²) in [7, 11) is 1.85. The van der Waals surface area contributed by atoms with Crippen molar-refractivity contribution >= 4 is 15.9 Å². The van der Waals surface area contributed by atoms with Gasteiger partial charge in [0.2, 0.25) is 15.9 Å². The van der Waals surface area contributed by atoms with Gasteiger partial charge in [0.15, 0.2) is 0 Å². The normalized spacial score (nSPS) is 16.4. The van der Waals surface area contributed by atoms with E-state index in [0.717, 1.165) is 0 Å². The van der Waals surface area contributed by atoms with Crippen molar-refractivity contribution in [2.24, 2.45) is 0 Å². The van der Waals surface area contributed by atoms with E-state index in [1.807, 2.05) is 19.0 Å². The lowest BCUT2D eigenvalue weighted by Gasteiger charge is -2.34. The van der Waals surface area contributed by atoms with Crippen LogP contribution in [0.15, 0.2) is 29.2 Å². The Bertz CT molecular complexity index is 650. The average Bonchev–Trinajstić information content (AvgIpc) is 2.59. The molecule has 24 heavy (non-hydrogen) atoms. The average molecular weight is 355 g/mol. The molecule has 1 aliphatic heterocycles. The monoisotopic (exact) mass is 355 g/mol. The SMILES string of the molecule is COc1ccc(S(=O)(=O)N2CCN(C(=O)CCN(C)C)CC2)cc1. The number of methoxy groups -OCH3 is 1. The zero-order valence-electron chi connectivity index (χ0n) is 14.4. The summed E-state index contributed by atoms with van der Waals surface area (Å²) in [5.41, 5.74) is 0. The molecule has 0 radical (unpaired) electrons. The van der Waals surface area contributed by atoms with Crippen molar-refractivity contribution in [3.8, 4) is 5.75 Å². The molecule has 0 bridgehead atoms. The molecule has 2 rings (SSSR count). The van der Waals surface area contributed by atoms with Crippen LogP contribution in [0, 0.1) is 0 Å². The van der Waals surface area contributed by atoms with Crippen molar-refractivity contribution in [2.45, 2.75) is 11.3 Å². The van der Waals surface area contributed by atoms with Gasteiger partial charge in [-0.05, 0) is 38.4 Å². The van der Waals surface area contributed by atoms with E-state index >= 15 is 0 Å². The highest BCUT2D eigenvalue weighted by atomic mass is 32.2. The van der Waals surface area contributed by atoms with Crippen molar-refractivity contribution in [1.82, 2.24) is 14.1 Å². The van der Waals surface area contributed by atoms with Crippen molar-refractivity contribution < 1.29 is 17.9 Å². The first-order chi connectivity index (χ1) is 11.3. The number of nitrogens with zero attached hydrogens (tertiary/aromatic N) is 3. The molecule has 0 spiro atoms. The van der Waals surface area contributed by atoms with E-state index in [1.54, 1.807) is 29.2 Å². The Morgan fingerprint density at radius 3 is 2.21 bits per heavy atom. The minimum absolute atomic E-state index is 0.0743. The van der Waals surface area contributed by atoms with Gasteiger partial charge in [-0.2, -0.15) is 4.31 Å². The topological polar surface area (TPSA) is 70.2 Å². The molecule has 0 N–H and O–H groups in total. The standard InChI is InChI=1S/C16H25N3O4S/c1-17(2)9-8-16(20)18-10-12-19(13-11-18)24(21,22)15-6-4-14(23-3)5-7-15/h4-7H,8-13H2,1-3H3. The Morgan fingerprint density at radius 2 is 1.71 bits per heavy atom. The lowest BCUT2D eigenvalue weighted by molar-refractivity contribution is -0.132. The zero-order valence-corrected chi connectivity index (χ0v) is 15.3. The molecule has 0 aliphatic carbocycles. The van der Waals surface area contributed by atoms with E-state index in [9.17, 15) is 13.2 Å². The summed E-state index contributed by atoms with van der Waals surface area (Å²) < 4.78 is 31.8. The minimum Gasteiger partial charge on any atom is -0.497 e. The summed E-state index contributed by atoms with van der Waals surface area (Å²) in [6.07, 6.45) is 0.457. The maximum absolute atomic E-state index is 12.7. The molecule has 134 valence electrons. The van der Waals surface area contributed by atoms with Gasteiger partial charge < -0.3 is 14.5 Å². The number of carbonyl (C=O) groups excluding carboxylic acids is 1. The lowest BCUT2D eigenvalue weighted by atomic mass is 10.3. The van der Waals surface area contributed by atoms with Gasteiger partial charge in [0, 0.05) is 39.1 Å². The van der Waals surface area contributed by atoms with E-state index in [0.29, 0.717) is 44.9 Å². The van der Waals surface area contributed by atoms with Gasteiger partial charge in [0.1, 0.15) is 5.75 Å². The van der Waals surface area contributed by atoms with Crippen LogP contribution in [-0.2, 0) is 14.8 Å². The molecule has 1 saturated heterocycles. The highest BCUT2D eigenvalue weighted by molar-refractivity contribution is 7.89. The van der Waals surface area contributed by atoms with Crippen LogP contribution in [0.1, 0.15) is 6.42 Å². The summed E-state index contributed by atoms with van der Waals surface area (Å²) in [4.78, 5) is 16.1. The van der Waals surface area contributed by atoms with Gasteiger partial charge in [-0.15, -0.1) is 0 Å². The van der Waals surface area contributed by atoms with Gasteiger partial charge in [-0.1, -0.05) is 0 Å². The summed E-state index contributed by atoms with van der Waals surface area (Å²) in [6.45, 7) is 2.20. The first kappa shape index (κ1) is 18.7. The number of amides is 1. The Balaban J connectivity index is 1.96. The molecule has 1 aromatic rings. The van der Waals surface area contributed by atoms with Gasteiger partial charge >= 0.3 is 0 Å². The zero-order chi connectivity index (χ0) is 17.7. The van der Waals surface area contributed by atoms with Crippen LogP contribution in [-0.4, -0.2) is 82.4 Å². The highest BCUT2D eigenvalue weighted by Crippen LogP contribution is 2.20. The van der Waals surface area contributed by atoms with Gasteiger partial charge in [0.05, 0.1) is 12.0 Å². The fourth-order valence-corrected chi connectivity index (χ4v) is 3.97. The van der Waals surface area contributed by atoms with Crippen LogP contribution < -0.4 is 4.74 Å². The van der Waals surface area contributed by atoms with Crippen LogP contribution in [0.5, 0.6) is 5.75 Å². The maximum atomic E-state index is 12.7. The van der Waals surface area contributed by atoms with Crippen LogP contribution in [0.3, 0.4) is 0 Å². The van der Waals surface area contributed by atoms with Gasteiger partial charge in [-0.25, -0.2) is 8.42 Å². The van der Waals surface area contributed by atoms with Crippen molar-refractivity contribution in [1.29, 1.82) is 0 Å². The number of benzene rings is 1. The van der Waals surface area contributed by atoms with Crippen molar-refractivity contribution in [3.05, 3.63) is 24.3 Å². The summed E-state index contributed by atoms with van der Waals surface area (Å²) in [6, 6.07) is 6.35. The van der Waals surface area contributed by atoms with Crippen molar-refractivity contribution in [2.75, 3.05) is 53.9 Å². The quantitative estimate of drug-likeness (QED) is 0.742. The molecule has 1 heterocycles. The van der Waals surface area contributed by atoms with Gasteiger partial charge in [0.25, 0.3) is 0 Å². The smallest absolute Gasteiger partial charge is 0.243 e. The molecule has 1 aromatic carbocycles. The molecule has 8 heteroatoms. The highest BCUT2D eigenvalue weighted by Gasteiger charge is 2.29. The first-order valence-corrected chi connectivity index (χ1v) is 9.35. The third-order valence-electron chi connectivity index (χ3n) is 4.06. The summed E-state index contributed by atoms with van der Waals surface area (Å²) in [5, 5.41) is 0. The second kappa shape index (κ2) is 7.96. The van der Waals surface area contributed by atoms with E-state index in [1.165, 1.54) is 11.4 Å². The Labute approximate surface area is 143 Å². The number of sulfonamides is 1. The molecule has 0 aromatic heterocycles. The van der Waals surface area contributed by atoms with Crippen LogP contribution in [0.4, 0.5) is 0 Å². The second-order valence-corrected chi connectivity index (χ2v) is 7.95. The van der Waals surface area contributed by atoms with E-state index in [4.69, 9.17) is 4.74 Å². The number of carbonyl (C=O) groups is 1. The molecular weight excluding hydrogens is 330 g/mol. The fourth-order valence-electron chi connectivity index (χ4n) is 2.55. The van der Waals surface area contributed by atoms with Gasteiger partial charge in [-0.3, -0.25) is 4.79 Å².